The second-order valence-corrected chi connectivity index (χ2v) is 4.37. The molecule has 0 aliphatic carbocycles. The van der Waals surface area contributed by atoms with Crippen LogP contribution in [0, 0.1) is 5.92 Å². The predicted octanol–water partition coefficient (Wildman–Crippen LogP) is 2.99. The molecule has 0 aromatic heterocycles. The third-order valence-corrected chi connectivity index (χ3v) is 3.13. The van der Waals surface area contributed by atoms with Crippen LogP contribution in [-0.2, 0) is 0 Å². The van der Waals surface area contributed by atoms with Gasteiger partial charge in [-0.25, -0.2) is 4.39 Å². The summed E-state index contributed by atoms with van der Waals surface area (Å²) in [7, 11) is 0. The summed E-state index contributed by atoms with van der Waals surface area (Å²) in [6.45, 7) is 2.00. The Balaban J connectivity index is 1.79. The van der Waals surface area contributed by atoms with Crippen molar-refractivity contribution in [2.24, 2.45) is 5.92 Å². The van der Waals surface area contributed by atoms with Gasteiger partial charge in [0, 0.05) is 25.6 Å². The summed E-state index contributed by atoms with van der Waals surface area (Å²) in [5, 5.41) is 0. The normalized spacial score (nSPS) is 19.4. The lowest BCUT2D eigenvalue weighted by Gasteiger charge is -2.40. The number of benzene rings is 1. The van der Waals surface area contributed by atoms with Crippen LogP contribution in [0.4, 0.5) is 8.78 Å². The Morgan fingerprint density at radius 2 is 1.94 bits per heavy atom. The van der Waals surface area contributed by atoms with E-state index in [1.54, 1.807) is 0 Å². The first-order valence-electron chi connectivity index (χ1n) is 5.78. The van der Waals surface area contributed by atoms with E-state index >= 15 is 0 Å². The minimum atomic E-state index is -0.872. The molecule has 1 aromatic carbocycles. The van der Waals surface area contributed by atoms with Crippen molar-refractivity contribution in [1.29, 1.82) is 0 Å². The molecule has 1 nitrogen and oxygen atoms in total. The summed E-state index contributed by atoms with van der Waals surface area (Å²) in [4.78, 5) is 2.11. The molecule has 1 fully saturated rings. The molecule has 1 saturated heterocycles. The molecular weight excluding hydrogens is 208 g/mol. The third kappa shape index (κ3) is 2.59. The van der Waals surface area contributed by atoms with Gasteiger partial charge in [0.05, 0.1) is 6.67 Å². The number of halogens is 2. The zero-order valence-corrected chi connectivity index (χ0v) is 9.28. The van der Waals surface area contributed by atoms with E-state index in [9.17, 15) is 8.78 Å². The SMILES string of the molecule is FCCCN1CC([C@@H](F)c2ccccc2)C1. The molecule has 0 unspecified atom stereocenters. The van der Waals surface area contributed by atoms with E-state index in [4.69, 9.17) is 0 Å². The van der Waals surface area contributed by atoms with Crippen molar-refractivity contribution in [2.75, 3.05) is 26.3 Å². The number of rotatable bonds is 5. The lowest BCUT2D eigenvalue weighted by molar-refractivity contribution is 0.0364. The molecule has 0 N–H and O–H groups in total. The van der Waals surface area contributed by atoms with E-state index in [1.165, 1.54) is 0 Å². The first-order valence-corrected chi connectivity index (χ1v) is 5.78. The van der Waals surface area contributed by atoms with Crippen molar-refractivity contribution in [3.8, 4) is 0 Å². The topological polar surface area (TPSA) is 3.24 Å². The van der Waals surface area contributed by atoms with Crippen molar-refractivity contribution < 1.29 is 8.78 Å². The first-order chi connectivity index (χ1) is 7.81. The van der Waals surface area contributed by atoms with Gasteiger partial charge in [-0.1, -0.05) is 30.3 Å². The fourth-order valence-electron chi connectivity index (χ4n) is 2.17. The van der Waals surface area contributed by atoms with Crippen LogP contribution in [0.15, 0.2) is 30.3 Å². The lowest BCUT2D eigenvalue weighted by atomic mass is 9.90. The number of hydrogen-bond donors (Lipinski definition) is 0. The molecule has 1 aromatic rings. The van der Waals surface area contributed by atoms with Crippen molar-refractivity contribution in [3.63, 3.8) is 0 Å². The maximum absolute atomic E-state index is 14.0. The van der Waals surface area contributed by atoms with Crippen LogP contribution in [0.2, 0.25) is 0 Å². The molecule has 0 bridgehead atoms. The largest absolute Gasteiger partial charge is 0.302 e. The fraction of sp³-hybridized carbons (Fsp3) is 0.538. The lowest BCUT2D eigenvalue weighted by Crippen LogP contribution is -2.48. The molecule has 1 heterocycles. The molecule has 0 amide bonds. The smallest absolute Gasteiger partial charge is 0.130 e. The van der Waals surface area contributed by atoms with Gasteiger partial charge in [-0.2, -0.15) is 0 Å². The zero-order chi connectivity index (χ0) is 11.4. The minimum absolute atomic E-state index is 0.0852. The maximum Gasteiger partial charge on any atom is 0.130 e. The molecule has 1 atom stereocenters. The number of likely N-dealkylation sites (tertiary alicyclic amines) is 1. The van der Waals surface area contributed by atoms with E-state index in [0.29, 0.717) is 6.42 Å². The van der Waals surface area contributed by atoms with Crippen LogP contribution < -0.4 is 0 Å². The first kappa shape index (κ1) is 11.5. The minimum Gasteiger partial charge on any atom is -0.302 e. The molecule has 1 aliphatic rings. The zero-order valence-electron chi connectivity index (χ0n) is 9.28. The Morgan fingerprint density at radius 1 is 1.25 bits per heavy atom. The third-order valence-electron chi connectivity index (χ3n) is 3.13. The molecule has 1 aliphatic heterocycles. The standard InChI is InChI=1S/C13H17F2N/c14-7-4-8-16-9-12(10-16)13(15)11-5-2-1-3-6-11/h1-3,5-6,12-13H,4,7-10H2/t13-/m0/s1. The van der Waals surface area contributed by atoms with Gasteiger partial charge in [-0.3, -0.25) is 4.39 Å². The van der Waals surface area contributed by atoms with Crippen molar-refractivity contribution in [3.05, 3.63) is 35.9 Å². The Hall–Kier alpha value is -0.960. The van der Waals surface area contributed by atoms with Gasteiger partial charge in [0.25, 0.3) is 0 Å². The Bertz CT molecular complexity index is 309. The average molecular weight is 225 g/mol. The van der Waals surface area contributed by atoms with Crippen LogP contribution in [-0.4, -0.2) is 31.2 Å². The van der Waals surface area contributed by atoms with E-state index in [-0.39, 0.29) is 12.6 Å². The predicted molar refractivity (Wildman–Crippen MR) is 60.8 cm³/mol. The molecule has 3 heteroatoms. The van der Waals surface area contributed by atoms with Gasteiger partial charge < -0.3 is 4.90 Å². The van der Waals surface area contributed by atoms with Crippen molar-refractivity contribution in [1.82, 2.24) is 4.90 Å². The van der Waals surface area contributed by atoms with E-state index in [2.05, 4.69) is 4.90 Å². The number of hydrogen-bond acceptors (Lipinski definition) is 1. The van der Waals surface area contributed by atoms with Crippen LogP contribution in [0.25, 0.3) is 0 Å². The van der Waals surface area contributed by atoms with E-state index in [1.807, 2.05) is 30.3 Å². The second-order valence-electron chi connectivity index (χ2n) is 4.37. The maximum atomic E-state index is 14.0. The quantitative estimate of drug-likeness (QED) is 0.744. The highest BCUT2D eigenvalue weighted by Gasteiger charge is 2.33. The average Bonchev–Trinajstić information content (AvgIpc) is 2.28. The molecule has 2 rings (SSSR count). The number of nitrogens with zero attached hydrogens (tertiary/aromatic N) is 1. The summed E-state index contributed by atoms with van der Waals surface area (Å²) < 4.78 is 25.9. The van der Waals surface area contributed by atoms with Gasteiger partial charge in [0.15, 0.2) is 0 Å². The Morgan fingerprint density at radius 3 is 2.56 bits per heavy atom. The monoisotopic (exact) mass is 225 g/mol. The fourth-order valence-corrected chi connectivity index (χ4v) is 2.17. The molecule has 0 saturated carbocycles. The van der Waals surface area contributed by atoms with Crippen LogP contribution in [0.1, 0.15) is 18.2 Å². The number of alkyl halides is 2. The highest BCUT2D eigenvalue weighted by atomic mass is 19.1. The summed E-state index contributed by atoms with van der Waals surface area (Å²) in [5.74, 6) is 0.0852. The Labute approximate surface area is 95.1 Å². The molecule has 0 radical (unpaired) electrons. The van der Waals surface area contributed by atoms with Gasteiger partial charge in [0.1, 0.15) is 6.17 Å². The Kier molecular flexibility index (Phi) is 3.88. The summed E-state index contributed by atoms with van der Waals surface area (Å²) in [5.41, 5.74) is 0.762. The van der Waals surface area contributed by atoms with Gasteiger partial charge in [-0.15, -0.1) is 0 Å². The summed E-state index contributed by atoms with van der Waals surface area (Å²) in [6, 6.07) is 9.28. The highest BCUT2D eigenvalue weighted by molar-refractivity contribution is 5.19. The summed E-state index contributed by atoms with van der Waals surface area (Å²) in [6.07, 6.45) is -0.308. The van der Waals surface area contributed by atoms with Crippen LogP contribution >= 0.6 is 0 Å². The summed E-state index contributed by atoms with van der Waals surface area (Å²) >= 11 is 0. The second kappa shape index (κ2) is 5.39. The van der Waals surface area contributed by atoms with Crippen LogP contribution in [0.3, 0.4) is 0 Å². The molecule has 0 spiro atoms. The molecule has 16 heavy (non-hydrogen) atoms. The van der Waals surface area contributed by atoms with Gasteiger partial charge in [0.2, 0.25) is 0 Å². The van der Waals surface area contributed by atoms with E-state index < -0.39 is 6.17 Å². The highest BCUT2D eigenvalue weighted by Crippen LogP contribution is 2.32. The van der Waals surface area contributed by atoms with Gasteiger partial charge >= 0.3 is 0 Å². The van der Waals surface area contributed by atoms with E-state index in [0.717, 1.165) is 25.2 Å². The molecular formula is C13H17F2N. The van der Waals surface area contributed by atoms with Gasteiger partial charge in [-0.05, 0) is 12.0 Å². The van der Waals surface area contributed by atoms with Crippen molar-refractivity contribution >= 4 is 0 Å². The van der Waals surface area contributed by atoms with Crippen molar-refractivity contribution in [2.45, 2.75) is 12.6 Å². The molecule has 88 valence electrons. The van der Waals surface area contributed by atoms with Crippen LogP contribution in [0.5, 0.6) is 0 Å².